The Morgan fingerprint density at radius 2 is 1.61 bits per heavy atom. The van der Waals surface area contributed by atoms with Crippen LogP contribution >= 0.6 is 0 Å². The van der Waals surface area contributed by atoms with E-state index in [4.69, 9.17) is 14.6 Å². The van der Waals surface area contributed by atoms with Crippen molar-refractivity contribution in [3.05, 3.63) is 54.1 Å². The summed E-state index contributed by atoms with van der Waals surface area (Å²) in [5.41, 5.74) is 1.76. The second kappa shape index (κ2) is 4.91. The van der Waals surface area contributed by atoms with E-state index in [2.05, 4.69) is 0 Å². The summed E-state index contributed by atoms with van der Waals surface area (Å²) < 4.78 is 10.7. The first-order valence-corrected chi connectivity index (χ1v) is 7.02. The lowest BCUT2D eigenvalue weighted by Crippen LogP contribution is -1.96. The van der Waals surface area contributed by atoms with Crippen LogP contribution in [0, 0.1) is 0 Å². The minimum atomic E-state index is -1.15. The van der Waals surface area contributed by atoms with E-state index >= 15 is 0 Å². The van der Waals surface area contributed by atoms with Crippen LogP contribution in [-0.2, 0) is 0 Å². The predicted octanol–water partition coefficient (Wildman–Crippen LogP) is 3.64. The Bertz CT molecular complexity index is 946. The SMILES string of the molecule is O=C(O)c1cc2cc(-c3ccc4c(c3)OCO4)ccc2cc1O. The van der Waals surface area contributed by atoms with Gasteiger partial charge in [0.2, 0.25) is 6.79 Å². The van der Waals surface area contributed by atoms with Gasteiger partial charge in [0, 0.05) is 0 Å². The zero-order chi connectivity index (χ0) is 16.0. The summed E-state index contributed by atoms with van der Waals surface area (Å²) in [4.78, 5) is 11.2. The smallest absolute Gasteiger partial charge is 0.339 e. The van der Waals surface area contributed by atoms with E-state index < -0.39 is 5.97 Å². The Balaban J connectivity index is 1.85. The van der Waals surface area contributed by atoms with E-state index in [9.17, 15) is 9.90 Å². The van der Waals surface area contributed by atoms with Crippen molar-refractivity contribution < 1.29 is 24.5 Å². The first-order valence-electron chi connectivity index (χ1n) is 7.02. The molecule has 5 nitrogen and oxygen atoms in total. The van der Waals surface area contributed by atoms with Gasteiger partial charge in [0.15, 0.2) is 11.5 Å². The molecule has 0 amide bonds. The van der Waals surface area contributed by atoms with Crippen LogP contribution in [-0.4, -0.2) is 23.0 Å². The summed E-state index contributed by atoms with van der Waals surface area (Å²) in [6.45, 7) is 0.220. The van der Waals surface area contributed by atoms with Crippen LogP contribution in [0.3, 0.4) is 0 Å². The van der Waals surface area contributed by atoms with E-state index in [0.29, 0.717) is 11.5 Å². The van der Waals surface area contributed by atoms with Gasteiger partial charge < -0.3 is 19.7 Å². The Morgan fingerprint density at radius 3 is 2.43 bits per heavy atom. The molecule has 0 saturated heterocycles. The van der Waals surface area contributed by atoms with Crippen LogP contribution in [0.15, 0.2) is 48.5 Å². The minimum absolute atomic E-state index is 0.111. The Kier molecular flexibility index (Phi) is 2.87. The third-order valence-corrected chi connectivity index (χ3v) is 3.89. The highest BCUT2D eigenvalue weighted by Crippen LogP contribution is 2.37. The third-order valence-electron chi connectivity index (χ3n) is 3.89. The summed E-state index contributed by atoms with van der Waals surface area (Å²) in [5, 5.41) is 20.4. The second-order valence-electron chi connectivity index (χ2n) is 5.30. The van der Waals surface area contributed by atoms with Crippen LogP contribution < -0.4 is 9.47 Å². The van der Waals surface area contributed by atoms with Gasteiger partial charge >= 0.3 is 5.97 Å². The maximum atomic E-state index is 11.2. The Hall–Kier alpha value is -3.21. The van der Waals surface area contributed by atoms with Crippen LogP contribution in [0.1, 0.15) is 10.4 Å². The van der Waals surface area contributed by atoms with Crippen molar-refractivity contribution >= 4 is 16.7 Å². The predicted molar refractivity (Wildman–Crippen MR) is 84.1 cm³/mol. The van der Waals surface area contributed by atoms with Gasteiger partial charge in [-0.3, -0.25) is 0 Å². The fourth-order valence-electron chi connectivity index (χ4n) is 2.71. The molecule has 2 N–H and O–H groups in total. The highest BCUT2D eigenvalue weighted by atomic mass is 16.7. The molecule has 4 rings (SSSR count). The van der Waals surface area contributed by atoms with Crippen molar-refractivity contribution in [3.8, 4) is 28.4 Å². The zero-order valence-corrected chi connectivity index (χ0v) is 11.9. The summed E-state index contributed by atoms with van der Waals surface area (Å²) >= 11 is 0. The highest BCUT2D eigenvalue weighted by molar-refractivity contribution is 5.98. The monoisotopic (exact) mass is 308 g/mol. The average Bonchev–Trinajstić information content (AvgIpc) is 3.01. The topological polar surface area (TPSA) is 76.0 Å². The minimum Gasteiger partial charge on any atom is -0.507 e. The number of carbonyl (C=O) groups is 1. The van der Waals surface area contributed by atoms with Crippen LogP contribution in [0.25, 0.3) is 21.9 Å². The standard InChI is InChI=1S/C18H12O5/c19-15-7-11-2-1-10(5-13(11)6-14(15)18(20)21)12-3-4-16-17(8-12)23-9-22-16/h1-8,19H,9H2,(H,20,21). The molecule has 0 unspecified atom stereocenters. The molecule has 23 heavy (non-hydrogen) atoms. The maximum absolute atomic E-state index is 11.2. The summed E-state index contributed by atoms with van der Waals surface area (Å²) in [6.07, 6.45) is 0. The normalized spacial score (nSPS) is 12.5. The molecule has 0 aliphatic carbocycles. The number of aromatic hydroxyl groups is 1. The number of carboxylic acid groups (broad SMARTS) is 1. The summed E-state index contributed by atoms with van der Waals surface area (Å²) in [7, 11) is 0. The number of benzene rings is 3. The highest BCUT2D eigenvalue weighted by Gasteiger charge is 2.15. The molecular formula is C18H12O5. The lowest BCUT2D eigenvalue weighted by molar-refractivity contribution is 0.0694. The lowest BCUT2D eigenvalue weighted by Gasteiger charge is -2.07. The van der Waals surface area contributed by atoms with Crippen LogP contribution in [0.2, 0.25) is 0 Å². The quantitative estimate of drug-likeness (QED) is 0.756. The van der Waals surface area contributed by atoms with E-state index in [1.807, 2.05) is 36.4 Å². The number of aromatic carboxylic acids is 1. The molecule has 0 aromatic heterocycles. The molecule has 3 aromatic carbocycles. The molecule has 0 spiro atoms. The van der Waals surface area contributed by atoms with Crippen LogP contribution in [0.4, 0.5) is 0 Å². The van der Waals surface area contributed by atoms with Gasteiger partial charge in [-0.05, 0) is 52.2 Å². The number of fused-ring (bicyclic) bond motifs is 2. The largest absolute Gasteiger partial charge is 0.507 e. The first-order chi connectivity index (χ1) is 11.1. The van der Waals surface area contributed by atoms with Crippen molar-refractivity contribution in [3.63, 3.8) is 0 Å². The molecule has 5 heteroatoms. The van der Waals surface area contributed by atoms with Gasteiger partial charge in [-0.1, -0.05) is 18.2 Å². The molecule has 1 heterocycles. The molecule has 0 saturated carbocycles. The van der Waals surface area contributed by atoms with Crippen LogP contribution in [0.5, 0.6) is 17.2 Å². The van der Waals surface area contributed by atoms with Crippen molar-refractivity contribution in [1.29, 1.82) is 0 Å². The number of hydrogen-bond donors (Lipinski definition) is 2. The first kappa shape index (κ1) is 13.5. The Labute approximate surface area is 131 Å². The van der Waals surface area contributed by atoms with E-state index in [-0.39, 0.29) is 18.1 Å². The maximum Gasteiger partial charge on any atom is 0.339 e. The van der Waals surface area contributed by atoms with Gasteiger partial charge in [0.05, 0.1) is 0 Å². The van der Waals surface area contributed by atoms with Crippen molar-refractivity contribution in [2.24, 2.45) is 0 Å². The van der Waals surface area contributed by atoms with Crippen molar-refractivity contribution in [2.45, 2.75) is 0 Å². The number of phenols is 1. The van der Waals surface area contributed by atoms with Crippen molar-refractivity contribution in [1.82, 2.24) is 0 Å². The van der Waals surface area contributed by atoms with Gasteiger partial charge in [-0.2, -0.15) is 0 Å². The van der Waals surface area contributed by atoms with E-state index in [1.54, 1.807) is 0 Å². The fraction of sp³-hybridized carbons (Fsp3) is 0.0556. The van der Waals surface area contributed by atoms with Gasteiger partial charge in [-0.15, -0.1) is 0 Å². The summed E-state index contributed by atoms with van der Waals surface area (Å²) in [6, 6.07) is 14.3. The zero-order valence-electron chi connectivity index (χ0n) is 11.9. The van der Waals surface area contributed by atoms with Crippen molar-refractivity contribution in [2.75, 3.05) is 6.79 Å². The molecule has 0 radical (unpaired) electrons. The molecular weight excluding hydrogens is 296 g/mol. The Morgan fingerprint density at radius 1 is 0.870 bits per heavy atom. The molecule has 0 fully saturated rings. The van der Waals surface area contributed by atoms with E-state index in [1.165, 1.54) is 12.1 Å². The molecule has 0 atom stereocenters. The molecule has 1 aliphatic rings. The average molecular weight is 308 g/mol. The van der Waals surface area contributed by atoms with Gasteiger partial charge in [-0.25, -0.2) is 4.79 Å². The third kappa shape index (κ3) is 2.23. The number of carboxylic acids is 1. The summed E-state index contributed by atoms with van der Waals surface area (Å²) in [5.74, 6) is 0.0193. The molecule has 114 valence electrons. The van der Waals surface area contributed by atoms with Gasteiger partial charge in [0.25, 0.3) is 0 Å². The number of rotatable bonds is 2. The van der Waals surface area contributed by atoms with E-state index in [0.717, 1.165) is 21.9 Å². The lowest BCUT2D eigenvalue weighted by atomic mass is 9.99. The number of ether oxygens (including phenoxy) is 2. The molecule has 3 aromatic rings. The second-order valence-corrected chi connectivity index (χ2v) is 5.30. The molecule has 1 aliphatic heterocycles. The number of hydrogen-bond acceptors (Lipinski definition) is 4. The van der Waals surface area contributed by atoms with Gasteiger partial charge in [0.1, 0.15) is 11.3 Å². The fourth-order valence-corrected chi connectivity index (χ4v) is 2.71. The molecule has 0 bridgehead atoms.